The molecule has 1 fully saturated rings. The maximum Gasteiger partial charge on any atom is 0.313 e. The third-order valence-corrected chi connectivity index (χ3v) is 5.23. The lowest BCUT2D eigenvalue weighted by atomic mass is 9.74. The highest BCUT2D eigenvalue weighted by Crippen LogP contribution is 2.35. The number of nitrogens with zero attached hydrogens (tertiary/aromatic N) is 3. The van der Waals surface area contributed by atoms with Crippen LogP contribution in [0.5, 0.6) is 0 Å². The van der Waals surface area contributed by atoms with E-state index < -0.39 is 17.5 Å². The highest BCUT2D eigenvalue weighted by molar-refractivity contribution is 5.76. The van der Waals surface area contributed by atoms with Gasteiger partial charge in [0.2, 0.25) is 0 Å². The fourth-order valence-corrected chi connectivity index (χ4v) is 3.88. The number of aliphatic hydroxyl groups excluding tert-OH is 1. The SMILES string of the molecule is CCC[C@]1(C(=O)O)CN(Cc2cc(=O)n3cc(C)ccc3n2)CC[C@@H]1O. The number of likely N-dealkylation sites (tertiary alicyclic amines) is 1. The average molecular weight is 359 g/mol. The average Bonchev–Trinajstić information content (AvgIpc) is 2.58. The monoisotopic (exact) mass is 359 g/mol. The summed E-state index contributed by atoms with van der Waals surface area (Å²) in [7, 11) is 0. The predicted octanol–water partition coefficient (Wildman–Crippen LogP) is 1.44. The smallest absolute Gasteiger partial charge is 0.313 e. The number of aliphatic hydroxyl groups is 1. The van der Waals surface area contributed by atoms with Gasteiger partial charge in [0.05, 0.1) is 11.8 Å². The van der Waals surface area contributed by atoms with Crippen molar-refractivity contribution < 1.29 is 15.0 Å². The fraction of sp³-hybridized carbons (Fsp3) is 0.526. The largest absolute Gasteiger partial charge is 0.481 e. The number of hydrogen-bond acceptors (Lipinski definition) is 5. The lowest BCUT2D eigenvalue weighted by Gasteiger charge is -2.43. The lowest BCUT2D eigenvalue weighted by Crippen LogP contribution is -2.55. The van der Waals surface area contributed by atoms with E-state index in [9.17, 15) is 19.8 Å². The zero-order valence-corrected chi connectivity index (χ0v) is 15.2. The summed E-state index contributed by atoms with van der Waals surface area (Å²) >= 11 is 0. The van der Waals surface area contributed by atoms with Gasteiger partial charge in [0.1, 0.15) is 11.1 Å². The van der Waals surface area contributed by atoms with Crippen LogP contribution in [0.4, 0.5) is 0 Å². The van der Waals surface area contributed by atoms with Crippen LogP contribution in [0, 0.1) is 12.3 Å². The Labute approximate surface area is 151 Å². The number of pyridine rings is 1. The number of carbonyl (C=O) groups is 1. The fourth-order valence-electron chi connectivity index (χ4n) is 3.88. The Bertz CT molecular complexity index is 879. The molecule has 140 valence electrons. The highest BCUT2D eigenvalue weighted by atomic mass is 16.4. The second kappa shape index (κ2) is 7.17. The number of carboxylic acids is 1. The molecule has 1 aliphatic heterocycles. The van der Waals surface area contributed by atoms with Crippen molar-refractivity contribution in [2.45, 2.75) is 45.8 Å². The zero-order chi connectivity index (χ0) is 18.9. The number of aliphatic carboxylic acids is 1. The summed E-state index contributed by atoms with van der Waals surface area (Å²) in [6.45, 7) is 5.06. The molecule has 7 nitrogen and oxygen atoms in total. The van der Waals surface area contributed by atoms with E-state index in [1.165, 1.54) is 10.5 Å². The molecule has 3 rings (SSSR count). The van der Waals surface area contributed by atoms with Crippen LogP contribution in [-0.2, 0) is 11.3 Å². The molecule has 1 saturated heterocycles. The molecule has 7 heteroatoms. The Morgan fingerprint density at radius 3 is 2.88 bits per heavy atom. The van der Waals surface area contributed by atoms with Crippen LogP contribution < -0.4 is 5.56 Å². The number of fused-ring (bicyclic) bond motifs is 1. The topological polar surface area (TPSA) is 95.1 Å². The second-order valence-corrected chi connectivity index (χ2v) is 7.25. The number of piperidine rings is 1. The van der Waals surface area contributed by atoms with Gasteiger partial charge in [-0.25, -0.2) is 4.98 Å². The van der Waals surface area contributed by atoms with Crippen molar-refractivity contribution in [1.82, 2.24) is 14.3 Å². The first kappa shape index (κ1) is 18.5. The Morgan fingerprint density at radius 1 is 1.42 bits per heavy atom. The summed E-state index contributed by atoms with van der Waals surface area (Å²) in [5.74, 6) is -0.960. The van der Waals surface area contributed by atoms with Gasteiger partial charge in [-0.2, -0.15) is 0 Å². The molecule has 1 aliphatic rings. The molecular weight excluding hydrogens is 334 g/mol. The predicted molar refractivity (Wildman–Crippen MR) is 97.1 cm³/mol. The number of rotatable bonds is 5. The molecule has 26 heavy (non-hydrogen) atoms. The molecule has 0 saturated carbocycles. The molecule has 0 aliphatic carbocycles. The van der Waals surface area contributed by atoms with Crippen LogP contribution in [0.25, 0.3) is 5.65 Å². The molecule has 2 atom stereocenters. The number of aryl methyl sites for hydroxylation is 1. The minimum atomic E-state index is -1.16. The molecular formula is C19H25N3O4. The van der Waals surface area contributed by atoms with Crippen LogP contribution in [0.3, 0.4) is 0 Å². The van der Waals surface area contributed by atoms with E-state index in [1.54, 1.807) is 12.3 Å². The van der Waals surface area contributed by atoms with E-state index in [2.05, 4.69) is 4.98 Å². The van der Waals surface area contributed by atoms with E-state index in [1.807, 2.05) is 24.8 Å². The third kappa shape index (κ3) is 3.37. The Balaban J connectivity index is 1.87. The minimum absolute atomic E-state index is 0.149. The molecule has 0 aromatic carbocycles. The van der Waals surface area contributed by atoms with Gasteiger partial charge in [-0.1, -0.05) is 19.4 Å². The van der Waals surface area contributed by atoms with Gasteiger partial charge in [0.25, 0.3) is 5.56 Å². The molecule has 0 amide bonds. The lowest BCUT2D eigenvalue weighted by molar-refractivity contribution is -0.164. The van der Waals surface area contributed by atoms with Gasteiger partial charge in [0, 0.05) is 31.9 Å². The molecule has 0 radical (unpaired) electrons. The summed E-state index contributed by atoms with van der Waals surface area (Å²) in [6, 6.07) is 5.21. The van der Waals surface area contributed by atoms with Crippen LogP contribution in [-0.4, -0.2) is 49.7 Å². The van der Waals surface area contributed by atoms with E-state index in [-0.39, 0.29) is 12.1 Å². The van der Waals surface area contributed by atoms with Crippen molar-refractivity contribution >= 4 is 11.6 Å². The van der Waals surface area contributed by atoms with E-state index in [0.717, 1.165) is 5.56 Å². The van der Waals surface area contributed by atoms with E-state index in [4.69, 9.17) is 0 Å². The molecule has 0 spiro atoms. The summed E-state index contributed by atoms with van der Waals surface area (Å²) in [5, 5.41) is 20.1. The Morgan fingerprint density at radius 2 is 2.19 bits per heavy atom. The zero-order valence-electron chi connectivity index (χ0n) is 15.2. The Hall–Kier alpha value is -2.25. The van der Waals surface area contributed by atoms with Gasteiger partial charge in [-0.3, -0.25) is 18.9 Å². The van der Waals surface area contributed by atoms with Crippen LogP contribution in [0.1, 0.15) is 37.4 Å². The first-order valence-electron chi connectivity index (χ1n) is 8.98. The Kier molecular flexibility index (Phi) is 5.11. The second-order valence-electron chi connectivity index (χ2n) is 7.25. The van der Waals surface area contributed by atoms with Gasteiger partial charge < -0.3 is 10.2 Å². The third-order valence-electron chi connectivity index (χ3n) is 5.23. The summed E-state index contributed by atoms with van der Waals surface area (Å²) in [6.07, 6.45) is 2.41. The maximum atomic E-state index is 12.4. The van der Waals surface area contributed by atoms with E-state index in [0.29, 0.717) is 43.7 Å². The number of carboxylic acid groups (broad SMARTS) is 1. The van der Waals surface area contributed by atoms with Crippen molar-refractivity contribution in [2.24, 2.45) is 5.41 Å². The minimum Gasteiger partial charge on any atom is -0.481 e. The molecule has 0 unspecified atom stereocenters. The normalized spacial score (nSPS) is 24.0. The van der Waals surface area contributed by atoms with Crippen molar-refractivity contribution in [3.05, 3.63) is 46.0 Å². The van der Waals surface area contributed by atoms with Crippen molar-refractivity contribution in [3.63, 3.8) is 0 Å². The van der Waals surface area contributed by atoms with Gasteiger partial charge in [-0.05, 0) is 31.4 Å². The molecule has 3 heterocycles. The van der Waals surface area contributed by atoms with Crippen molar-refractivity contribution in [2.75, 3.05) is 13.1 Å². The molecule has 2 aromatic heterocycles. The van der Waals surface area contributed by atoms with E-state index >= 15 is 0 Å². The molecule has 2 N–H and O–H groups in total. The van der Waals surface area contributed by atoms with Crippen LogP contribution in [0.2, 0.25) is 0 Å². The first-order valence-corrected chi connectivity index (χ1v) is 8.98. The van der Waals surface area contributed by atoms with Gasteiger partial charge >= 0.3 is 5.97 Å². The molecule has 0 bridgehead atoms. The summed E-state index contributed by atoms with van der Waals surface area (Å²) in [5.41, 5.74) is 0.865. The summed E-state index contributed by atoms with van der Waals surface area (Å²) < 4.78 is 1.51. The summed E-state index contributed by atoms with van der Waals surface area (Å²) in [4.78, 5) is 30.7. The van der Waals surface area contributed by atoms with Gasteiger partial charge in [0.15, 0.2) is 0 Å². The maximum absolute atomic E-state index is 12.4. The van der Waals surface area contributed by atoms with Crippen molar-refractivity contribution in [3.8, 4) is 0 Å². The van der Waals surface area contributed by atoms with Crippen LogP contribution in [0.15, 0.2) is 29.2 Å². The standard InChI is InChI=1S/C19H25N3O4/c1-3-7-19(18(25)26)12-21(8-6-15(19)23)11-14-9-17(24)22-10-13(2)4-5-16(22)20-14/h4-5,9-10,15,23H,3,6-8,11-12H2,1-2H3,(H,25,26)/t15-,19-/m0/s1. The molecule has 2 aromatic rings. The van der Waals surface area contributed by atoms with Crippen LogP contribution >= 0.6 is 0 Å². The number of aromatic nitrogens is 2. The van der Waals surface area contributed by atoms with Crippen molar-refractivity contribution in [1.29, 1.82) is 0 Å². The number of hydrogen-bond donors (Lipinski definition) is 2. The highest BCUT2D eigenvalue weighted by Gasteiger charge is 2.48. The quantitative estimate of drug-likeness (QED) is 0.839. The first-order chi connectivity index (χ1) is 12.4. The van der Waals surface area contributed by atoms with Gasteiger partial charge in [-0.15, -0.1) is 0 Å².